The second-order valence-electron chi connectivity index (χ2n) is 6.26. The predicted octanol–water partition coefficient (Wildman–Crippen LogP) is 4.75. The monoisotopic (exact) mass is 317 g/mol. The highest BCUT2D eigenvalue weighted by atomic mass is 19.1. The minimum Gasteiger partial charge on any atom is -0.496 e. The van der Waals surface area contributed by atoms with Crippen molar-refractivity contribution < 1.29 is 13.9 Å². The van der Waals surface area contributed by atoms with Crippen LogP contribution in [0.25, 0.3) is 6.08 Å². The average molecular weight is 317 g/mol. The zero-order valence-electron chi connectivity index (χ0n) is 13.8. The number of alkyl halides is 1. The van der Waals surface area contributed by atoms with Gasteiger partial charge < -0.3 is 10.1 Å². The van der Waals surface area contributed by atoms with Crippen molar-refractivity contribution in [3.63, 3.8) is 0 Å². The van der Waals surface area contributed by atoms with Crippen LogP contribution in [0.4, 0.5) is 10.1 Å². The number of amides is 1. The van der Waals surface area contributed by atoms with Crippen molar-refractivity contribution in [2.75, 3.05) is 12.4 Å². The van der Waals surface area contributed by atoms with Crippen LogP contribution in [-0.4, -0.2) is 18.7 Å². The Morgan fingerprint density at radius 1 is 1.43 bits per heavy atom. The lowest BCUT2D eigenvalue weighted by atomic mass is 9.81. The number of carbonyl (C=O) groups excluding carboxylic acids is 1. The molecule has 0 saturated heterocycles. The van der Waals surface area contributed by atoms with Crippen LogP contribution in [-0.2, 0) is 4.79 Å². The van der Waals surface area contributed by atoms with Crippen molar-refractivity contribution in [2.24, 2.45) is 5.92 Å². The van der Waals surface area contributed by atoms with Gasteiger partial charge in [0.15, 0.2) is 0 Å². The zero-order chi connectivity index (χ0) is 16.9. The van der Waals surface area contributed by atoms with Gasteiger partial charge in [-0.3, -0.25) is 4.79 Å². The molecule has 1 amide bonds. The number of methoxy groups -OCH3 is 1. The van der Waals surface area contributed by atoms with E-state index in [0.717, 1.165) is 24.2 Å². The fourth-order valence-electron chi connectivity index (χ4n) is 2.81. The number of halogens is 1. The molecule has 23 heavy (non-hydrogen) atoms. The van der Waals surface area contributed by atoms with Crippen LogP contribution in [0, 0.1) is 5.92 Å². The number of ether oxygens (including phenoxy) is 1. The van der Waals surface area contributed by atoms with Crippen molar-refractivity contribution >= 4 is 17.7 Å². The van der Waals surface area contributed by atoms with Gasteiger partial charge in [-0.2, -0.15) is 0 Å². The van der Waals surface area contributed by atoms with Crippen LogP contribution in [0.15, 0.2) is 36.9 Å². The molecule has 1 fully saturated rings. The Morgan fingerprint density at radius 2 is 2.13 bits per heavy atom. The molecular formula is C19H24FNO2. The van der Waals surface area contributed by atoms with E-state index >= 15 is 0 Å². The van der Waals surface area contributed by atoms with E-state index in [1.54, 1.807) is 20.1 Å². The van der Waals surface area contributed by atoms with Gasteiger partial charge in [0.2, 0.25) is 5.91 Å². The first-order valence-corrected chi connectivity index (χ1v) is 7.92. The normalized spacial score (nSPS) is 24.4. The molecule has 1 aliphatic carbocycles. The summed E-state index contributed by atoms with van der Waals surface area (Å²) in [7, 11) is 1.61. The zero-order valence-corrected chi connectivity index (χ0v) is 13.8. The van der Waals surface area contributed by atoms with Crippen LogP contribution in [0.3, 0.4) is 0 Å². The number of hydrogen-bond donors (Lipinski definition) is 1. The van der Waals surface area contributed by atoms with Crippen molar-refractivity contribution in [1.82, 2.24) is 0 Å². The number of rotatable bonds is 5. The maximum Gasteiger partial charge on any atom is 0.247 e. The van der Waals surface area contributed by atoms with Crippen molar-refractivity contribution in [1.29, 1.82) is 0 Å². The van der Waals surface area contributed by atoms with E-state index in [9.17, 15) is 9.18 Å². The number of benzene rings is 1. The minimum atomic E-state index is -1.02. The van der Waals surface area contributed by atoms with E-state index < -0.39 is 5.67 Å². The fraction of sp³-hybridized carbons (Fsp3) is 0.421. The van der Waals surface area contributed by atoms with Gasteiger partial charge in [-0.25, -0.2) is 4.39 Å². The standard InChI is InChI=1S/C19H24FNO2/c1-4-18(22)21-16-7-8-17(23-3)15(13-16)6-5-14-9-11-19(2,20)12-10-14/h4-8,13-14H,1,9-12H2,2-3H3,(H,21,22)/b6-5+. The maximum absolute atomic E-state index is 13.8. The Hall–Kier alpha value is -2.10. The molecule has 1 saturated carbocycles. The number of hydrogen-bond acceptors (Lipinski definition) is 2. The van der Waals surface area contributed by atoms with Gasteiger partial charge in [-0.05, 0) is 62.8 Å². The van der Waals surface area contributed by atoms with Crippen LogP contribution in [0.1, 0.15) is 38.2 Å². The van der Waals surface area contributed by atoms with Gasteiger partial charge in [0.25, 0.3) is 0 Å². The maximum atomic E-state index is 13.8. The largest absolute Gasteiger partial charge is 0.496 e. The Labute approximate surface area is 137 Å². The molecule has 0 aromatic heterocycles. The van der Waals surface area contributed by atoms with Crippen molar-refractivity contribution in [2.45, 2.75) is 38.3 Å². The molecule has 124 valence electrons. The summed E-state index contributed by atoms with van der Waals surface area (Å²) in [6.45, 7) is 5.12. The van der Waals surface area contributed by atoms with Crippen LogP contribution >= 0.6 is 0 Å². The van der Waals surface area contributed by atoms with Gasteiger partial charge >= 0.3 is 0 Å². The lowest BCUT2D eigenvalue weighted by Gasteiger charge is -2.29. The number of allylic oxidation sites excluding steroid dienone is 1. The molecule has 0 spiro atoms. The third kappa shape index (κ3) is 4.95. The predicted molar refractivity (Wildman–Crippen MR) is 92.3 cm³/mol. The summed E-state index contributed by atoms with van der Waals surface area (Å²) < 4.78 is 19.2. The SMILES string of the molecule is C=CC(=O)Nc1ccc(OC)c(/C=C/C2CCC(C)(F)CC2)c1. The summed E-state index contributed by atoms with van der Waals surface area (Å²) in [6.07, 6.45) is 8.27. The van der Waals surface area contributed by atoms with E-state index in [1.807, 2.05) is 18.2 Å². The average Bonchev–Trinajstić information content (AvgIpc) is 2.54. The molecule has 3 nitrogen and oxygen atoms in total. The summed E-state index contributed by atoms with van der Waals surface area (Å²) in [4.78, 5) is 11.4. The fourth-order valence-corrected chi connectivity index (χ4v) is 2.81. The number of nitrogens with one attached hydrogen (secondary N) is 1. The quantitative estimate of drug-likeness (QED) is 0.796. The Kier molecular flexibility index (Phi) is 5.59. The van der Waals surface area contributed by atoms with E-state index in [0.29, 0.717) is 24.4 Å². The molecule has 0 bridgehead atoms. The molecule has 1 N–H and O–H groups in total. The second kappa shape index (κ2) is 7.44. The Morgan fingerprint density at radius 3 is 2.74 bits per heavy atom. The number of carbonyl (C=O) groups is 1. The van der Waals surface area contributed by atoms with Crippen molar-refractivity contribution in [3.05, 3.63) is 42.5 Å². The first-order valence-electron chi connectivity index (χ1n) is 7.92. The smallest absolute Gasteiger partial charge is 0.247 e. The van der Waals surface area contributed by atoms with Gasteiger partial charge in [-0.1, -0.05) is 18.7 Å². The Bertz CT molecular complexity index is 597. The lowest BCUT2D eigenvalue weighted by molar-refractivity contribution is -0.111. The molecule has 2 rings (SSSR count). The molecule has 1 aromatic rings. The van der Waals surface area contributed by atoms with Gasteiger partial charge in [-0.15, -0.1) is 0 Å². The highest BCUT2D eigenvalue weighted by molar-refractivity contribution is 5.99. The molecule has 1 aromatic carbocycles. The first-order chi connectivity index (χ1) is 10.9. The van der Waals surface area contributed by atoms with Gasteiger partial charge in [0, 0.05) is 11.3 Å². The van der Waals surface area contributed by atoms with Crippen molar-refractivity contribution in [3.8, 4) is 5.75 Å². The minimum absolute atomic E-state index is 0.250. The van der Waals surface area contributed by atoms with Gasteiger partial charge in [0.05, 0.1) is 7.11 Å². The molecule has 0 unspecified atom stereocenters. The van der Waals surface area contributed by atoms with E-state index in [4.69, 9.17) is 4.74 Å². The van der Waals surface area contributed by atoms with Crippen LogP contribution in [0.5, 0.6) is 5.75 Å². The summed E-state index contributed by atoms with van der Waals surface area (Å²) >= 11 is 0. The van der Waals surface area contributed by atoms with E-state index in [1.165, 1.54) is 6.08 Å². The lowest BCUT2D eigenvalue weighted by Crippen LogP contribution is -2.25. The van der Waals surface area contributed by atoms with Gasteiger partial charge in [0.1, 0.15) is 11.4 Å². The molecule has 1 aliphatic rings. The molecule has 0 atom stereocenters. The highest BCUT2D eigenvalue weighted by Gasteiger charge is 2.29. The topological polar surface area (TPSA) is 38.3 Å². The molecule has 4 heteroatoms. The second-order valence-corrected chi connectivity index (χ2v) is 6.26. The van der Waals surface area contributed by atoms with Crippen LogP contribution < -0.4 is 10.1 Å². The summed E-state index contributed by atoms with van der Waals surface area (Å²) in [6, 6.07) is 5.46. The Balaban J connectivity index is 2.11. The third-order valence-corrected chi connectivity index (χ3v) is 4.30. The van der Waals surface area contributed by atoms with Crippen LogP contribution in [0.2, 0.25) is 0 Å². The summed E-state index contributed by atoms with van der Waals surface area (Å²) in [5.41, 5.74) is 0.565. The summed E-state index contributed by atoms with van der Waals surface area (Å²) in [5.74, 6) is 0.874. The molecule has 0 aliphatic heterocycles. The number of anilines is 1. The first kappa shape index (κ1) is 17.3. The van der Waals surface area contributed by atoms with E-state index in [-0.39, 0.29) is 5.91 Å². The van der Waals surface area contributed by atoms with E-state index in [2.05, 4.69) is 18.0 Å². The molecule has 0 radical (unpaired) electrons. The molecular weight excluding hydrogens is 293 g/mol. The highest BCUT2D eigenvalue weighted by Crippen LogP contribution is 2.36. The summed E-state index contributed by atoms with van der Waals surface area (Å²) in [5, 5.41) is 2.74. The molecule has 0 heterocycles. The third-order valence-electron chi connectivity index (χ3n) is 4.30.